The smallest absolute Gasteiger partial charge is 0.346 e. The van der Waals surface area contributed by atoms with E-state index in [-0.39, 0.29) is 5.57 Å². The summed E-state index contributed by atoms with van der Waals surface area (Å²) in [6, 6.07) is 12.8. The number of thiophene rings is 1. The number of carbonyl (C=O) groups is 1. The fraction of sp³-hybridized carbons (Fsp3) is 0. The fourth-order valence-electron chi connectivity index (χ4n) is 1.61. The zero-order valence-electron chi connectivity index (χ0n) is 11.0. The molecule has 0 spiro atoms. The number of benzene rings is 1. The molecule has 21 heavy (non-hydrogen) atoms. The number of anilines is 1. The van der Waals surface area contributed by atoms with E-state index in [4.69, 9.17) is 16.1 Å². The summed E-state index contributed by atoms with van der Waals surface area (Å²) in [7, 11) is 0. The molecule has 4 nitrogen and oxygen atoms in total. The molecule has 0 unspecified atom stereocenters. The van der Waals surface area contributed by atoms with Crippen LogP contribution in [0, 0.1) is 11.3 Å². The normalized spacial score (nSPS) is 11.5. The number of nitrogen functional groups attached to an aromatic ring is 1. The van der Waals surface area contributed by atoms with Gasteiger partial charge in [0.2, 0.25) is 0 Å². The lowest BCUT2D eigenvalue weighted by molar-refractivity contribution is -0.132. The van der Waals surface area contributed by atoms with Crippen LogP contribution < -0.4 is 5.73 Å². The van der Waals surface area contributed by atoms with Gasteiger partial charge < -0.3 is 10.8 Å². The van der Waals surface area contributed by atoms with Crippen molar-refractivity contribution in [3.05, 3.63) is 57.3 Å². The molecule has 5 heteroatoms. The monoisotopic (exact) mass is 296 g/mol. The summed E-state index contributed by atoms with van der Waals surface area (Å²) in [6.07, 6.45) is 5.25. The Kier molecular flexibility index (Phi) is 4.54. The van der Waals surface area contributed by atoms with E-state index in [1.165, 1.54) is 17.4 Å². The maximum absolute atomic E-state index is 10.8. The highest BCUT2D eigenvalue weighted by Crippen LogP contribution is 2.21. The zero-order chi connectivity index (χ0) is 15.2. The van der Waals surface area contributed by atoms with Crippen molar-refractivity contribution in [1.29, 1.82) is 5.26 Å². The lowest BCUT2D eigenvalue weighted by Gasteiger charge is -1.94. The Hall–Kier alpha value is -2.84. The van der Waals surface area contributed by atoms with Crippen molar-refractivity contribution >= 4 is 41.2 Å². The van der Waals surface area contributed by atoms with E-state index in [1.54, 1.807) is 12.1 Å². The highest BCUT2D eigenvalue weighted by Gasteiger charge is 2.06. The van der Waals surface area contributed by atoms with Crippen LogP contribution in [0.1, 0.15) is 15.3 Å². The number of carboxylic acid groups (broad SMARTS) is 1. The van der Waals surface area contributed by atoms with Crippen LogP contribution in [-0.4, -0.2) is 11.1 Å². The molecule has 2 aromatic rings. The number of hydrogen-bond acceptors (Lipinski definition) is 4. The van der Waals surface area contributed by atoms with E-state index in [0.717, 1.165) is 15.3 Å². The Morgan fingerprint density at radius 1 is 1.14 bits per heavy atom. The molecule has 3 N–H and O–H groups in total. The number of aliphatic carboxylic acids is 1. The van der Waals surface area contributed by atoms with Crippen LogP contribution in [0.5, 0.6) is 0 Å². The second-order valence-electron chi connectivity index (χ2n) is 4.22. The first-order valence-electron chi connectivity index (χ1n) is 6.07. The van der Waals surface area contributed by atoms with E-state index >= 15 is 0 Å². The van der Waals surface area contributed by atoms with Gasteiger partial charge in [-0.2, -0.15) is 5.26 Å². The third-order valence-corrected chi connectivity index (χ3v) is 3.66. The Morgan fingerprint density at radius 2 is 1.81 bits per heavy atom. The SMILES string of the molecule is N#C/C(=C\c1ccc(/C=C/c2ccc(N)cc2)s1)C(=O)O. The summed E-state index contributed by atoms with van der Waals surface area (Å²) in [5, 5.41) is 17.5. The van der Waals surface area contributed by atoms with Crippen LogP contribution in [0.3, 0.4) is 0 Å². The lowest BCUT2D eigenvalue weighted by atomic mass is 10.2. The quantitative estimate of drug-likeness (QED) is 0.513. The van der Waals surface area contributed by atoms with Crippen LogP contribution >= 0.6 is 11.3 Å². The van der Waals surface area contributed by atoms with Gasteiger partial charge in [-0.15, -0.1) is 11.3 Å². The molecule has 0 radical (unpaired) electrons. The maximum atomic E-state index is 10.8. The van der Waals surface area contributed by atoms with E-state index in [2.05, 4.69) is 0 Å². The molecule has 0 fully saturated rings. The molecule has 0 aliphatic rings. The number of carboxylic acids is 1. The van der Waals surface area contributed by atoms with Gasteiger partial charge in [-0.25, -0.2) is 4.79 Å². The van der Waals surface area contributed by atoms with E-state index in [9.17, 15) is 4.79 Å². The second kappa shape index (κ2) is 6.55. The first kappa shape index (κ1) is 14.6. The van der Waals surface area contributed by atoms with Gasteiger partial charge in [0, 0.05) is 15.4 Å². The summed E-state index contributed by atoms with van der Waals surface area (Å²) >= 11 is 1.41. The number of hydrogen-bond donors (Lipinski definition) is 2. The highest BCUT2D eigenvalue weighted by molar-refractivity contribution is 7.13. The molecule has 0 bridgehead atoms. The van der Waals surface area contributed by atoms with Crippen LogP contribution in [-0.2, 0) is 4.79 Å². The maximum Gasteiger partial charge on any atom is 0.346 e. The van der Waals surface area contributed by atoms with Gasteiger partial charge in [0.25, 0.3) is 0 Å². The molecular weight excluding hydrogens is 284 g/mol. The van der Waals surface area contributed by atoms with E-state index in [1.807, 2.05) is 42.5 Å². The summed E-state index contributed by atoms with van der Waals surface area (Å²) in [5.41, 5.74) is 7.09. The molecule has 2 rings (SSSR count). The average molecular weight is 296 g/mol. The minimum atomic E-state index is -1.22. The predicted octanol–water partition coefficient (Wildman–Crippen LogP) is 3.49. The molecule has 104 valence electrons. The van der Waals surface area contributed by atoms with Crippen molar-refractivity contribution in [3.63, 3.8) is 0 Å². The Morgan fingerprint density at radius 3 is 2.43 bits per heavy atom. The number of nitriles is 1. The van der Waals surface area contributed by atoms with Gasteiger partial charge in [-0.3, -0.25) is 0 Å². The van der Waals surface area contributed by atoms with Crippen molar-refractivity contribution in [3.8, 4) is 6.07 Å². The molecular formula is C16H12N2O2S. The molecule has 1 aromatic heterocycles. The summed E-state index contributed by atoms with van der Waals surface area (Å²) < 4.78 is 0. The van der Waals surface area contributed by atoms with Crippen molar-refractivity contribution in [1.82, 2.24) is 0 Å². The van der Waals surface area contributed by atoms with Crippen LogP contribution in [0.25, 0.3) is 18.2 Å². The zero-order valence-corrected chi connectivity index (χ0v) is 11.8. The topological polar surface area (TPSA) is 87.1 Å². The first-order valence-corrected chi connectivity index (χ1v) is 6.88. The largest absolute Gasteiger partial charge is 0.477 e. The lowest BCUT2D eigenvalue weighted by Crippen LogP contribution is -1.96. The Balaban J connectivity index is 2.15. The molecule has 0 aliphatic heterocycles. The van der Waals surface area contributed by atoms with Crippen molar-refractivity contribution < 1.29 is 9.90 Å². The average Bonchev–Trinajstić information content (AvgIpc) is 2.91. The van der Waals surface area contributed by atoms with E-state index in [0.29, 0.717) is 5.69 Å². The molecule has 0 amide bonds. The van der Waals surface area contributed by atoms with Gasteiger partial charge >= 0.3 is 5.97 Å². The van der Waals surface area contributed by atoms with Crippen molar-refractivity contribution in [2.75, 3.05) is 5.73 Å². The van der Waals surface area contributed by atoms with Crippen LogP contribution in [0.15, 0.2) is 42.0 Å². The minimum Gasteiger partial charge on any atom is -0.477 e. The minimum absolute atomic E-state index is 0.272. The number of nitrogens with zero attached hydrogens (tertiary/aromatic N) is 1. The Bertz CT molecular complexity index is 749. The molecule has 0 saturated carbocycles. The molecule has 0 saturated heterocycles. The van der Waals surface area contributed by atoms with Gasteiger partial charge in [0.1, 0.15) is 11.6 Å². The summed E-state index contributed by atoms with van der Waals surface area (Å²) in [4.78, 5) is 12.5. The summed E-state index contributed by atoms with van der Waals surface area (Å²) in [5.74, 6) is -1.22. The van der Waals surface area contributed by atoms with Gasteiger partial charge in [-0.1, -0.05) is 18.2 Å². The standard InChI is InChI=1S/C16H12N2O2S/c17-10-12(16(19)20)9-15-8-7-14(21-15)6-3-11-1-4-13(18)5-2-11/h1-9H,18H2,(H,19,20)/b6-3+,12-9+. The van der Waals surface area contributed by atoms with Gasteiger partial charge in [-0.05, 0) is 42.0 Å². The third kappa shape index (κ3) is 4.06. The van der Waals surface area contributed by atoms with Gasteiger partial charge in [0.15, 0.2) is 0 Å². The van der Waals surface area contributed by atoms with Crippen molar-refractivity contribution in [2.24, 2.45) is 0 Å². The fourth-order valence-corrected chi connectivity index (χ4v) is 2.46. The predicted molar refractivity (Wildman–Crippen MR) is 85.3 cm³/mol. The highest BCUT2D eigenvalue weighted by atomic mass is 32.1. The molecule has 0 aliphatic carbocycles. The third-order valence-electron chi connectivity index (χ3n) is 2.66. The first-order chi connectivity index (χ1) is 10.1. The second-order valence-corrected chi connectivity index (χ2v) is 5.36. The van der Waals surface area contributed by atoms with Gasteiger partial charge in [0.05, 0.1) is 0 Å². The van der Waals surface area contributed by atoms with Crippen molar-refractivity contribution in [2.45, 2.75) is 0 Å². The molecule has 1 aromatic carbocycles. The number of rotatable bonds is 4. The molecule has 1 heterocycles. The summed E-state index contributed by atoms with van der Waals surface area (Å²) in [6.45, 7) is 0. The molecule has 0 atom stereocenters. The Labute approximate surface area is 126 Å². The van der Waals surface area contributed by atoms with E-state index < -0.39 is 5.97 Å². The number of nitrogens with two attached hydrogens (primary N) is 1. The van der Waals surface area contributed by atoms with Crippen LogP contribution in [0.4, 0.5) is 5.69 Å². The van der Waals surface area contributed by atoms with Crippen LogP contribution in [0.2, 0.25) is 0 Å².